The third kappa shape index (κ3) is 2.93. The molecule has 5 heteroatoms. The standard InChI is InChI=1S/C14H12F3NO/c1-14(19,13-6-5-9(15)8-18-13)7-10-11(16)3-2-4-12(10)17/h2-6,8,19H,7H2,1H3. The predicted molar refractivity (Wildman–Crippen MR) is 63.8 cm³/mol. The summed E-state index contributed by atoms with van der Waals surface area (Å²) in [6, 6.07) is 5.90. The average molecular weight is 267 g/mol. The fraction of sp³-hybridized carbons (Fsp3) is 0.214. The molecule has 0 aliphatic rings. The van der Waals surface area contributed by atoms with Gasteiger partial charge in [-0.3, -0.25) is 4.98 Å². The summed E-state index contributed by atoms with van der Waals surface area (Å²) in [6.45, 7) is 1.37. The molecule has 0 saturated heterocycles. The fourth-order valence-electron chi connectivity index (χ4n) is 1.83. The monoisotopic (exact) mass is 267 g/mol. The first-order valence-corrected chi connectivity index (χ1v) is 5.67. The zero-order chi connectivity index (χ0) is 14.0. The van der Waals surface area contributed by atoms with Gasteiger partial charge in [0.05, 0.1) is 11.9 Å². The van der Waals surface area contributed by atoms with E-state index in [-0.39, 0.29) is 17.7 Å². The van der Waals surface area contributed by atoms with Gasteiger partial charge in [0.2, 0.25) is 0 Å². The van der Waals surface area contributed by atoms with Crippen molar-refractivity contribution in [3.63, 3.8) is 0 Å². The number of hydrogen-bond acceptors (Lipinski definition) is 2. The third-order valence-electron chi connectivity index (χ3n) is 2.86. The summed E-state index contributed by atoms with van der Waals surface area (Å²) in [5.74, 6) is -2.01. The second-order valence-corrected chi connectivity index (χ2v) is 4.51. The lowest BCUT2D eigenvalue weighted by Crippen LogP contribution is -2.26. The van der Waals surface area contributed by atoms with E-state index in [1.165, 1.54) is 19.1 Å². The van der Waals surface area contributed by atoms with Gasteiger partial charge < -0.3 is 5.11 Å². The second-order valence-electron chi connectivity index (χ2n) is 4.51. The van der Waals surface area contributed by atoms with Gasteiger partial charge in [0.1, 0.15) is 23.1 Å². The Balaban J connectivity index is 2.33. The van der Waals surface area contributed by atoms with E-state index in [4.69, 9.17) is 0 Å². The SMILES string of the molecule is CC(O)(Cc1c(F)cccc1F)c1ccc(F)cn1. The van der Waals surface area contributed by atoms with Crippen LogP contribution in [0.5, 0.6) is 0 Å². The van der Waals surface area contributed by atoms with Gasteiger partial charge in [-0.05, 0) is 31.2 Å². The Bertz CT molecular complexity index is 561. The number of benzene rings is 1. The van der Waals surface area contributed by atoms with Crippen LogP contribution in [0.2, 0.25) is 0 Å². The van der Waals surface area contributed by atoms with Crippen LogP contribution in [0.25, 0.3) is 0 Å². The maximum atomic E-state index is 13.5. The summed E-state index contributed by atoms with van der Waals surface area (Å²) in [5, 5.41) is 10.3. The number of aliphatic hydroxyl groups is 1. The Morgan fingerprint density at radius 2 is 1.74 bits per heavy atom. The third-order valence-corrected chi connectivity index (χ3v) is 2.86. The van der Waals surface area contributed by atoms with Crippen LogP contribution in [-0.4, -0.2) is 10.1 Å². The highest BCUT2D eigenvalue weighted by molar-refractivity contribution is 5.24. The van der Waals surface area contributed by atoms with Crippen LogP contribution in [0.3, 0.4) is 0 Å². The maximum Gasteiger partial charge on any atom is 0.141 e. The van der Waals surface area contributed by atoms with Gasteiger partial charge in [0.15, 0.2) is 0 Å². The molecule has 0 fully saturated rings. The van der Waals surface area contributed by atoms with Gasteiger partial charge >= 0.3 is 0 Å². The van der Waals surface area contributed by atoms with Gasteiger partial charge in [-0.2, -0.15) is 0 Å². The average Bonchev–Trinajstić information content (AvgIpc) is 2.35. The topological polar surface area (TPSA) is 33.1 Å². The molecule has 0 spiro atoms. The quantitative estimate of drug-likeness (QED) is 0.927. The van der Waals surface area contributed by atoms with E-state index in [1.54, 1.807) is 0 Å². The number of hydrogen-bond donors (Lipinski definition) is 1. The van der Waals surface area contributed by atoms with Crippen molar-refractivity contribution in [3.8, 4) is 0 Å². The summed E-state index contributed by atoms with van der Waals surface area (Å²) >= 11 is 0. The zero-order valence-electron chi connectivity index (χ0n) is 10.2. The number of aromatic nitrogens is 1. The molecule has 0 aliphatic heterocycles. The molecule has 100 valence electrons. The minimum atomic E-state index is -1.59. The summed E-state index contributed by atoms with van der Waals surface area (Å²) in [4.78, 5) is 3.74. The predicted octanol–water partition coefficient (Wildman–Crippen LogP) is 2.95. The number of halogens is 3. The smallest absolute Gasteiger partial charge is 0.141 e. The number of pyridine rings is 1. The molecule has 0 radical (unpaired) electrons. The second kappa shape index (κ2) is 5.01. The van der Waals surface area contributed by atoms with Crippen LogP contribution >= 0.6 is 0 Å². The van der Waals surface area contributed by atoms with Crippen molar-refractivity contribution >= 4 is 0 Å². The van der Waals surface area contributed by atoms with Crippen molar-refractivity contribution in [2.45, 2.75) is 18.9 Å². The molecule has 0 bridgehead atoms. The molecule has 1 heterocycles. The van der Waals surface area contributed by atoms with E-state index in [2.05, 4.69) is 4.98 Å². The van der Waals surface area contributed by atoms with Crippen LogP contribution in [0.4, 0.5) is 13.2 Å². The number of rotatable bonds is 3. The van der Waals surface area contributed by atoms with Gasteiger partial charge in [0.25, 0.3) is 0 Å². The van der Waals surface area contributed by atoms with Gasteiger partial charge in [-0.1, -0.05) is 6.07 Å². The normalized spacial score (nSPS) is 14.2. The Morgan fingerprint density at radius 1 is 1.11 bits per heavy atom. The lowest BCUT2D eigenvalue weighted by molar-refractivity contribution is 0.0510. The fourth-order valence-corrected chi connectivity index (χ4v) is 1.83. The van der Waals surface area contributed by atoms with Crippen LogP contribution in [0, 0.1) is 17.5 Å². The lowest BCUT2D eigenvalue weighted by atomic mass is 9.92. The van der Waals surface area contributed by atoms with E-state index >= 15 is 0 Å². The minimum Gasteiger partial charge on any atom is -0.383 e. The highest BCUT2D eigenvalue weighted by Gasteiger charge is 2.28. The minimum absolute atomic E-state index is 0.150. The van der Waals surface area contributed by atoms with E-state index < -0.39 is 23.1 Å². The molecular formula is C14H12F3NO. The molecule has 0 aliphatic carbocycles. The molecule has 2 rings (SSSR count). The van der Waals surface area contributed by atoms with Gasteiger partial charge in [-0.25, -0.2) is 13.2 Å². The molecule has 1 N–H and O–H groups in total. The largest absolute Gasteiger partial charge is 0.383 e. The molecule has 0 saturated carbocycles. The van der Waals surface area contributed by atoms with E-state index in [9.17, 15) is 18.3 Å². The van der Waals surface area contributed by atoms with Crippen LogP contribution in [-0.2, 0) is 12.0 Å². The van der Waals surface area contributed by atoms with Crippen LogP contribution in [0.1, 0.15) is 18.2 Å². The molecule has 1 unspecified atom stereocenters. The van der Waals surface area contributed by atoms with Gasteiger partial charge in [0, 0.05) is 12.0 Å². The molecule has 2 nitrogen and oxygen atoms in total. The first-order chi connectivity index (χ1) is 8.90. The maximum absolute atomic E-state index is 13.5. The van der Waals surface area contributed by atoms with E-state index in [0.717, 1.165) is 24.4 Å². The highest BCUT2D eigenvalue weighted by Crippen LogP contribution is 2.26. The van der Waals surface area contributed by atoms with E-state index in [1.807, 2.05) is 0 Å². The van der Waals surface area contributed by atoms with Crippen molar-refractivity contribution in [1.29, 1.82) is 0 Å². The first-order valence-electron chi connectivity index (χ1n) is 5.67. The summed E-state index contributed by atoms with van der Waals surface area (Å²) in [7, 11) is 0. The highest BCUT2D eigenvalue weighted by atomic mass is 19.1. The Hall–Kier alpha value is -1.88. The molecular weight excluding hydrogens is 255 g/mol. The molecule has 0 amide bonds. The number of nitrogens with zero attached hydrogens (tertiary/aromatic N) is 1. The van der Waals surface area contributed by atoms with Crippen molar-refractivity contribution in [2.24, 2.45) is 0 Å². The first kappa shape index (κ1) is 13.5. The van der Waals surface area contributed by atoms with Gasteiger partial charge in [-0.15, -0.1) is 0 Å². The zero-order valence-corrected chi connectivity index (χ0v) is 10.2. The molecule has 1 aromatic heterocycles. The van der Waals surface area contributed by atoms with Crippen molar-refractivity contribution in [1.82, 2.24) is 4.98 Å². The Kier molecular flexibility index (Phi) is 3.57. The Labute approximate surface area is 108 Å². The van der Waals surface area contributed by atoms with Crippen molar-refractivity contribution in [3.05, 3.63) is 65.2 Å². The summed E-state index contributed by atoms with van der Waals surface area (Å²) in [6.07, 6.45) is 0.658. The van der Waals surface area contributed by atoms with Crippen LogP contribution in [0.15, 0.2) is 36.5 Å². The molecule has 1 atom stereocenters. The molecule has 1 aromatic carbocycles. The molecule has 19 heavy (non-hydrogen) atoms. The summed E-state index contributed by atoms with van der Waals surface area (Å²) < 4.78 is 39.8. The lowest BCUT2D eigenvalue weighted by Gasteiger charge is -2.23. The van der Waals surface area contributed by atoms with Crippen molar-refractivity contribution in [2.75, 3.05) is 0 Å². The summed E-state index contributed by atoms with van der Waals surface area (Å²) in [5.41, 5.74) is -1.66. The van der Waals surface area contributed by atoms with Crippen molar-refractivity contribution < 1.29 is 18.3 Å². The van der Waals surface area contributed by atoms with Crippen LogP contribution < -0.4 is 0 Å². The Morgan fingerprint density at radius 3 is 2.26 bits per heavy atom. The molecule has 2 aromatic rings. The van der Waals surface area contributed by atoms with E-state index in [0.29, 0.717) is 0 Å².